The predicted molar refractivity (Wildman–Crippen MR) is 116 cm³/mol. The molecular weight excluding hydrogens is 412 g/mol. The minimum atomic E-state index is 0.348. The van der Waals surface area contributed by atoms with Gasteiger partial charge in [-0.2, -0.15) is 0 Å². The first-order chi connectivity index (χ1) is 13.8. The van der Waals surface area contributed by atoms with Gasteiger partial charge in [-0.15, -0.1) is 0 Å². The molecule has 3 heterocycles. The number of imidazole rings is 1. The van der Waals surface area contributed by atoms with Crippen molar-refractivity contribution in [2.75, 3.05) is 6.54 Å². The number of nitrogens with zero attached hydrogens (tertiary/aromatic N) is 3. The third kappa shape index (κ3) is 3.48. The number of halogens is 1. The van der Waals surface area contributed by atoms with Gasteiger partial charge in [0, 0.05) is 23.4 Å². The summed E-state index contributed by atoms with van der Waals surface area (Å²) >= 11 is 3.52. The number of nitrogens with one attached hydrogen (secondary N) is 1. The van der Waals surface area contributed by atoms with Crippen LogP contribution in [0.3, 0.4) is 0 Å². The van der Waals surface area contributed by atoms with E-state index in [0.717, 1.165) is 40.8 Å². The predicted octanol–water partition coefficient (Wildman–Crippen LogP) is 5.72. The summed E-state index contributed by atoms with van der Waals surface area (Å²) in [6.45, 7) is 2.07. The monoisotopic (exact) mass is 432 g/mol. The lowest BCUT2D eigenvalue weighted by Crippen LogP contribution is -2.23. The van der Waals surface area contributed by atoms with Gasteiger partial charge >= 0.3 is 0 Å². The highest BCUT2D eigenvalue weighted by Crippen LogP contribution is 2.33. The van der Waals surface area contributed by atoms with Gasteiger partial charge in [-0.3, -0.25) is 9.88 Å². The molecule has 0 saturated carbocycles. The van der Waals surface area contributed by atoms with Crippen LogP contribution in [-0.2, 0) is 6.54 Å². The van der Waals surface area contributed by atoms with Crippen LogP contribution >= 0.6 is 15.9 Å². The SMILES string of the molecule is Brc1ccc(CN2CCCC2c2nc3ccc(-c4ccncc4)cc3[nH]2)cc1. The number of aromatic amines is 1. The van der Waals surface area contributed by atoms with E-state index in [1.807, 2.05) is 24.5 Å². The van der Waals surface area contributed by atoms with E-state index >= 15 is 0 Å². The second kappa shape index (κ2) is 7.49. The Kier molecular flexibility index (Phi) is 4.71. The molecule has 0 amide bonds. The third-order valence-electron chi connectivity index (χ3n) is 5.49. The first-order valence-corrected chi connectivity index (χ1v) is 10.4. The van der Waals surface area contributed by atoms with Crippen LogP contribution in [0.4, 0.5) is 0 Å². The standard InChI is InChI=1S/C23H21BrN4/c24-19-6-3-16(4-7-19)15-28-13-1-2-22(28)23-26-20-8-5-18(14-21(20)27-23)17-9-11-25-12-10-17/h3-12,14,22H,1-2,13,15H2,(H,26,27). The average molecular weight is 433 g/mol. The van der Waals surface area contributed by atoms with E-state index < -0.39 is 0 Å². The van der Waals surface area contributed by atoms with Gasteiger partial charge < -0.3 is 4.98 Å². The molecule has 1 fully saturated rings. The van der Waals surface area contributed by atoms with Crippen LogP contribution in [0.25, 0.3) is 22.2 Å². The van der Waals surface area contributed by atoms with Crippen molar-refractivity contribution in [3.8, 4) is 11.1 Å². The van der Waals surface area contributed by atoms with Crippen molar-refractivity contribution in [1.29, 1.82) is 0 Å². The molecular formula is C23H21BrN4. The molecule has 1 atom stereocenters. The number of pyridine rings is 1. The Balaban J connectivity index is 1.42. The smallest absolute Gasteiger partial charge is 0.124 e. The first-order valence-electron chi connectivity index (χ1n) is 9.65. The van der Waals surface area contributed by atoms with Gasteiger partial charge in [0.25, 0.3) is 0 Å². The molecule has 1 aliphatic heterocycles. The lowest BCUT2D eigenvalue weighted by atomic mass is 10.1. The summed E-state index contributed by atoms with van der Waals surface area (Å²) in [7, 11) is 0. The zero-order valence-corrected chi connectivity index (χ0v) is 17.1. The highest BCUT2D eigenvalue weighted by atomic mass is 79.9. The lowest BCUT2D eigenvalue weighted by molar-refractivity contribution is 0.241. The zero-order chi connectivity index (χ0) is 18.9. The Morgan fingerprint density at radius 2 is 1.82 bits per heavy atom. The van der Waals surface area contributed by atoms with E-state index in [0.29, 0.717) is 6.04 Å². The summed E-state index contributed by atoms with van der Waals surface area (Å²) in [5.41, 5.74) is 5.82. The molecule has 1 aliphatic rings. The van der Waals surface area contributed by atoms with Gasteiger partial charge in [0.2, 0.25) is 0 Å². The molecule has 28 heavy (non-hydrogen) atoms. The van der Waals surface area contributed by atoms with Gasteiger partial charge in [0.15, 0.2) is 0 Å². The van der Waals surface area contributed by atoms with E-state index in [1.165, 1.54) is 23.1 Å². The maximum Gasteiger partial charge on any atom is 0.124 e. The van der Waals surface area contributed by atoms with Crippen molar-refractivity contribution in [3.05, 3.63) is 82.9 Å². The normalized spacial score (nSPS) is 17.4. The van der Waals surface area contributed by atoms with Crippen molar-refractivity contribution in [2.24, 2.45) is 0 Å². The molecule has 0 aliphatic carbocycles. The summed E-state index contributed by atoms with van der Waals surface area (Å²) < 4.78 is 1.12. The topological polar surface area (TPSA) is 44.8 Å². The maximum absolute atomic E-state index is 4.92. The maximum atomic E-state index is 4.92. The molecule has 0 spiro atoms. The van der Waals surface area contributed by atoms with Crippen LogP contribution in [0.5, 0.6) is 0 Å². The molecule has 1 N–H and O–H groups in total. The van der Waals surface area contributed by atoms with Crippen LogP contribution in [0.1, 0.15) is 30.3 Å². The highest BCUT2D eigenvalue weighted by molar-refractivity contribution is 9.10. The van der Waals surface area contributed by atoms with Gasteiger partial charge in [0.05, 0.1) is 17.1 Å². The van der Waals surface area contributed by atoms with Gasteiger partial charge in [-0.1, -0.05) is 34.1 Å². The van der Waals surface area contributed by atoms with Gasteiger partial charge in [-0.25, -0.2) is 4.98 Å². The second-order valence-corrected chi connectivity index (χ2v) is 8.26. The number of aromatic nitrogens is 3. The van der Waals surface area contributed by atoms with Crippen molar-refractivity contribution in [1.82, 2.24) is 19.9 Å². The number of hydrogen-bond acceptors (Lipinski definition) is 3. The van der Waals surface area contributed by atoms with Gasteiger partial charge in [0.1, 0.15) is 5.82 Å². The van der Waals surface area contributed by atoms with Crippen molar-refractivity contribution in [3.63, 3.8) is 0 Å². The quantitative estimate of drug-likeness (QED) is 0.448. The Hall–Kier alpha value is -2.50. The Labute approximate surface area is 172 Å². The number of likely N-dealkylation sites (tertiary alicyclic amines) is 1. The van der Waals surface area contributed by atoms with Crippen LogP contribution in [-0.4, -0.2) is 26.4 Å². The fourth-order valence-electron chi connectivity index (χ4n) is 4.06. The number of benzene rings is 2. The van der Waals surface area contributed by atoms with Crippen LogP contribution in [0.15, 0.2) is 71.5 Å². The van der Waals surface area contributed by atoms with Crippen LogP contribution in [0.2, 0.25) is 0 Å². The molecule has 4 nitrogen and oxygen atoms in total. The van der Waals surface area contributed by atoms with Crippen molar-refractivity contribution in [2.45, 2.75) is 25.4 Å². The lowest BCUT2D eigenvalue weighted by Gasteiger charge is -2.22. The minimum absolute atomic E-state index is 0.348. The van der Waals surface area contributed by atoms with Crippen LogP contribution in [0, 0.1) is 0 Å². The summed E-state index contributed by atoms with van der Waals surface area (Å²) in [6, 6.07) is 19.5. The van der Waals surface area contributed by atoms with E-state index in [4.69, 9.17) is 4.98 Å². The van der Waals surface area contributed by atoms with Crippen molar-refractivity contribution >= 4 is 27.0 Å². The molecule has 0 bridgehead atoms. The molecule has 5 heteroatoms. The molecule has 0 radical (unpaired) electrons. The molecule has 5 rings (SSSR count). The number of rotatable bonds is 4. The molecule has 2 aromatic carbocycles. The number of H-pyrrole nitrogens is 1. The average Bonchev–Trinajstić information content (AvgIpc) is 3.36. The molecule has 1 saturated heterocycles. The Bertz CT molecular complexity index is 1090. The Morgan fingerprint density at radius 3 is 2.64 bits per heavy atom. The van der Waals surface area contributed by atoms with E-state index in [-0.39, 0.29) is 0 Å². The molecule has 1 unspecified atom stereocenters. The summed E-state index contributed by atoms with van der Waals surface area (Å²) in [4.78, 5) is 15.2. The van der Waals surface area contributed by atoms with E-state index in [1.54, 1.807) is 0 Å². The third-order valence-corrected chi connectivity index (χ3v) is 6.02. The second-order valence-electron chi connectivity index (χ2n) is 7.34. The summed E-state index contributed by atoms with van der Waals surface area (Å²) in [5, 5.41) is 0. The molecule has 4 aromatic rings. The largest absolute Gasteiger partial charge is 0.341 e. The van der Waals surface area contributed by atoms with E-state index in [9.17, 15) is 0 Å². The zero-order valence-electron chi connectivity index (χ0n) is 15.5. The van der Waals surface area contributed by atoms with E-state index in [2.05, 4.69) is 73.3 Å². The number of fused-ring (bicyclic) bond motifs is 1. The first kappa shape index (κ1) is 17.6. The minimum Gasteiger partial charge on any atom is -0.341 e. The summed E-state index contributed by atoms with van der Waals surface area (Å²) in [6.07, 6.45) is 6.01. The van der Waals surface area contributed by atoms with Gasteiger partial charge in [-0.05, 0) is 72.5 Å². The molecule has 2 aromatic heterocycles. The fourth-order valence-corrected chi connectivity index (χ4v) is 4.32. The summed E-state index contributed by atoms with van der Waals surface area (Å²) in [5.74, 6) is 1.08. The van der Waals surface area contributed by atoms with Crippen LogP contribution < -0.4 is 0 Å². The Morgan fingerprint density at radius 1 is 1.00 bits per heavy atom. The fraction of sp³-hybridized carbons (Fsp3) is 0.217. The number of hydrogen-bond donors (Lipinski definition) is 1. The van der Waals surface area contributed by atoms with Crippen molar-refractivity contribution < 1.29 is 0 Å². The molecule has 140 valence electrons. The highest BCUT2D eigenvalue weighted by Gasteiger charge is 2.28.